The lowest BCUT2D eigenvalue weighted by molar-refractivity contribution is -0.116. The van der Waals surface area contributed by atoms with Crippen LogP contribution in [-0.2, 0) is 16.8 Å². The summed E-state index contributed by atoms with van der Waals surface area (Å²) in [6.45, 7) is 6.77. The van der Waals surface area contributed by atoms with Gasteiger partial charge in [0.1, 0.15) is 12.4 Å². The van der Waals surface area contributed by atoms with Crippen molar-refractivity contribution in [2.45, 2.75) is 32.7 Å². The standard InChI is InChI=1S/C25H24BrN3O/c1-25(2,3)18-14-12-17(13-15-18)24-28-21-10-6-7-11-22(21)29(24)16-23(30)27-20-9-5-4-8-19(20)26/h4-15H,16H2,1-3H3,(H,27,30). The summed E-state index contributed by atoms with van der Waals surface area (Å²) in [6.07, 6.45) is 0. The van der Waals surface area contributed by atoms with Gasteiger partial charge in [0.2, 0.25) is 5.91 Å². The summed E-state index contributed by atoms with van der Waals surface area (Å²) in [7, 11) is 0. The second-order valence-corrected chi connectivity index (χ2v) is 9.22. The van der Waals surface area contributed by atoms with Crippen molar-refractivity contribution in [3.8, 4) is 11.4 Å². The third kappa shape index (κ3) is 4.17. The fourth-order valence-corrected chi connectivity index (χ4v) is 3.86. The molecule has 0 radical (unpaired) electrons. The summed E-state index contributed by atoms with van der Waals surface area (Å²) in [4.78, 5) is 17.7. The predicted molar refractivity (Wildman–Crippen MR) is 127 cm³/mol. The number of para-hydroxylation sites is 3. The quantitative estimate of drug-likeness (QED) is 0.381. The maximum atomic E-state index is 12.9. The Labute approximate surface area is 185 Å². The zero-order chi connectivity index (χ0) is 21.3. The summed E-state index contributed by atoms with van der Waals surface area (Å²) in [5, 5.41) is 2.99. The molecule has 0 aliphatic rings. The Hall–Kier alpha value is -2.92. The minimum absolute atomic E-state index is 0.0849. The van der Waals surface area contributed by atoms with Gasteiger partial charge >= 0.3 is 0 Å². The summed E-state index contributed by atoms with van der Waals surface area (Å²) < 4.78 is 2.83. The van der Waals surface area contributed by atoms with Crippen molar-refractivity contribution in [2.75, 3.05) is 5.32 Å². The average molecular weight is 462 g/mol. The molecular formula is C25H24BrN3O. The van der Waals surface area contributed by atoms with E-state index in [-0.39, 0.29) is 17.9 Å². The van der Waals surface area contributed by atoms with Gasteiger partial charge < -0.3 is 9.88 Å². The Morgan fingerprint density at radius 2 is 1.63 bits per heavy atom. The molecule has 4 aromatic rings. The minimum Gasteiger partial charge on any atom is -0.324 e. The van der Waals surface area contributed by atoms with E-state index in [1.54, 1.807) is 0 Å². The lowest BCUT2D eigenvalue weighted by atomic mass is 9.87. The lowest BCUT2D eigenvalue weighted by Crippen LogP contribution is -2.19. The average Bonchev–Trinajstić information content (AvgIpc) is 3.08. The zero-order valence-corrected chi connectivity index (χ0v) is 18.9. The monoisotopic (exact) mass is 461 g/mol. The van der Waals surface area contributed by atoms with Crippen molar-refractivity contribution >= 4 is 38.6 Å². The van der Waals surface area contributed by atoms with E-state index in [1.807, 2.05) is 53.1 Å². The second-order valence-electron chi connectivity index (χ2n) is 8.37. The zero-order valence-electron chi connectivity index (χ0n) is 17.3. The molecule has 0 aliphatic carbocycles. The maximum Gasteiger partial charge on any atom is 0.244 e. The van der Waals surface area contributed by atoms with Crippen LogP contribution in [0.3, 0.4) is 0 Å². The molecule has 152 valence electrons. The van der Waals surface area contributed by atoms with Crippen molar-refractivity contribution in [1.29, 1.82) is 0 Å². The first kappa shape index (κ1) is 20.4. The van der Waals surface area contributed by atoms with Crippen LogP contribution in [0.5, 0.6) is 0 Å². The molecule has 0 saturated carbocycles. The molecule has 3 aromatic carbocycles. The molecule has 0 fully saturated rings. The van der Waals surface area contributed by atoms with Crippen LogP contribution in [0.2, 0.25) is 0 Å². The number of amides is 1. The van der Waals surface area contributed by atoms with E-state index in [9.17, 15) is 4.79 Å². The molecule has 1 amide bonds. The van der Waals surface area contributed by atoms with E-state index in [0.29, 0.717) is 0 Å². The van der Waals surface area contributed by atoms with Gasteiger partial charge in [-0.25, -0.2) is 4.98 Å². The van der Waals surface area contributed by atoms with Crippen molar-refractivity contribution in [3.63, 3.8) is 0 Å². The predicted octanol–water partition coefficient (Wildman–Crippen LogP) is 6.40. The first-order valence-corrected chi connectivity index (χ1v) is 10.7. The van der Waals surface area contributed by atoms with Crippen molar-refractivity contribution in [1.82, 2.24) is 9.55 Å². The summed E-state index contributed by atoms with van der Waals surface area (Å²) in [5.41, 5.74) is 4.91. The number of hydrogen-bond donors (Lipinski definition) is 1. The first-order valence-electron chi connectivity index (χ1n) is 9.93. The van der Waals surface area contributed by atoms with Crippen LogP contribution in [0.4, 0.5) is 5.69 Å². The topological polar surface area (TPSA) is 46.9 Å². The fourth-order valence-electron chi connectivity index (χ4n) is 3.47. The first-order chi connectivity index (χ1) is 14.3. The molecule has 4 nitrogen and oxygen atoms in total. The fraction of sp³-hybridized carbons (Fsp3) is 0.200. The van der Waals surface area contributed by atoms with E-state index < -0.39 is 0 Å². The van der Waals surface area contributed by atoms with Crippen LogP contribution >= 0.6 is 15.9 Å². The van der Waals surface area contributed by atoms with Crippen molar-refractivity contribution in [2.24, 2.45) is 0 Å². The molecule has 0 spiro atoms. The number of hydrogen-bond acceptors (Lipinski definition) is 2. The van der Waals surface area contributed by atoms with E-state index in [1.165, 1.54) is 5.56 Å². The molecule has 0 bridgehead atoms. The molecule has 0 atom stereocenters. The Bertz CT molecular complexity index is 1200. The van der Waals surface area contributed by atoms with Gasteiger partial charge in [0.25, 0.3) is 0 Å². The van der Waals surface area contributed by atoms with Crippen LogP contribution < -0.4 is 5.32 Å². The van der Waals surface area contributed by atoms with E-state index in [4.69, 9.17) is 4.98 Å². The third-order valence-corrected chi connectivity index (χ3v) is 5.80. The number of rotatable bonds is 4. The molecular weight excluding hydrogens is 438 g/mol. The molecule has 0 saturated heterocycles. The summed E-state index contributed by atoms with van der Waals surface area (Å²) in [6, 6.07) is 24.0. The molecule has 0 aliphatic heterocycles. The number of anilines is 1. The highest BCUT2D eigenvalue weighted by atomic mass is 79.9. The van der Waals surface area contributed by atoms with Crippen LogP contribution in [0, 0.1) is 0 Å². The van der Waals surface area contributed by atoms with Gasteiger partial charge in [-0.2, -0.15) is 0 Å². The van der Waals surface area contributed by atoms with Gasteiger partial charge in [0, 0.05) is 10.0 Å². The Morgan fingerprint density at radius 3 is 2.33 bits per heavy atom. The summed E-state index contributed by atoms with van der Waals surface area (Å²) >= 11 is 3.48. The smallest absolute Gasteiger partial charge is 0.244 e. The number of nitrogens with one attached hydrogen (secondary N) is 1. The summed E-state index contributed by atoms with van der Waals surface area (Å²) in [5.74, 6) is 0.691. The van der Waals surface area contributed by atoms with Gasteiger partial charge in [-0.3, -0.25) is 4.79 Å². The van der Waals surface area contributed by atoms with Crippen molar-refractivity contribution < 1.29 is 4.79 Å². The van der Waals surface area contributed by atoms with Crippen LogP contribution in [0.1, 0.15) is 26.3 Å². The molecule has 1 N–H and O–H groups in total. The molecule has 1 heterocycles. The Kier molecular flexibility index (Phi) is 5.48. The number of fused-ring (bicyclic) bond motifs is 1. The van der Waals surface area contributed by atoms with Gasteiger partial charge in [0.15, 0.2) is 0 Å². The number of carbonyl (C=O) groups excluding carboxylic acids is 1. The minimum atomic E-state index is -0.0994. The third-order valence-electron chi connectivity index (χ3n) is 5.11. The molecule has 0 unspecified atom stereocenters. The molecule has 5 heteroatoms. The Balaban J connectivity index is 1.70. The highest BCUT2D eigenvalue weighted by Gasteiger charge is 2.18. The van der Waals surface area contributed by atoms with E-state index in [2.05, 4.69) is 66.3 Å². The second kappa shape index (κ2) is 8.07. The lowest BCUT2D eigenvalue weighted by Gasteiger charge is -2.19. The van der Waals surface area contributed by atoms with Gasteiger partial charge in [-0.05, 0) is 51.2 Å². The normalized spacial score (nSPS) is 11.6. The van der Waals surface area contributed by atoms with Gasteiger partial charge in [-0.15, -0.1) is 0 Å². The highest BCUT2D eigenvalue weighted by molar-refractivity contribution is 9.10. The van der Waals surface area contributed by atoms with Crippen LogP contribution in [0.25, 0.3) is 22.4 Å². The molecule has 4 rings (SSSR count). The van der Waals surface area contributed by atoms with Crippen LogP contribution in [0.15, 0.2) is 77.3 Å². The highest BCUT2D eigenvalue weighted by Crippen LogP contribution is 2.29. The number of nitrogens with zero attached hydrogens (tertiary/aromatic N) is 2. The molecule has 1 aromatic heterocycles. The van der Waals surface area contributed by atoms with E-state index >= 15 is 0 Å². The molecule has 30 heavy (non-hydrogen) atoms. The maximum absolute atomic E-state index is 12.9. The number of aromatic nitrogens is 2. The SMILES string of the molecule is CC(C)(C)c1ccc(-c2nc3ccccc3n2CC(=O)Nc2ccccc2Br)cc1. The van der Waals surface area contributed by atoms with Gasteiger partial charge in [0.05, 0.1) is 16.7 Å². The van der Waals surface area contributed by atoms with Gasteiger partial charge in [-0.1, -0.05) is 69.3 Å². The van der Waals surface area contributed by atoms with Crippen LogP contribution in [-0.4, -0.2) is 15.5 Å². The van der Waals surface area contributed by atoms with E-state index in [0.717, 1.165) is 32.6 Å². The number of benzene rings is 3. The van der Waals surface area contributed by atoms with Crippen molar-refractivity contribution in [3.05, 3.63) is 82.8 Å². The number of carbonyl (C=O) groups is 1. The largest absolute Gasteiger partial charge is 0.324 e. The number of imidazole rings is 1. The number of halogens is 1. The Morgan fingerprint density at radius 1 is 0.967 bits per heavy atom.